The van der Waals surface area contributed by atoms with E-state index in [4.69, 9.17) is 4.74 Å². The molecule has 0 amide bonds. The summed E-state index contributed by atoms with van der Waals surface area (Å²) in [6, 6.07) is 15.7. The van der Waals surface area contributed by atoms with Crippen LogP contribution in [0.1, 0.15) is 24.0 Å². The second-order valence-electron chi connectivity index (χ2n) is 6.10. The van der Waals surface area contributed by atoms with Crippen molar-refractivity contribution in [3.05, 3.63) is 59.7 Å². The largest absolute Gasteiger partial charge is 0.508 e. The Kier molecular flexibility index (Phi) is 9.28. The molecule has 1 N–H and O–H groups in total. The average Bonchev–Trinajstić information content (AvgIpc) is 2.54. The van der Waals surface area contributed by atoms with Gasteiger partial charge in [-0.05, 0) is 69.6 Å². The van der Waals surface area contributed by atoms with E-state index in [0.29, 0.717) is 5.75 Å². The van der Waals surface area contributed by atoms with Crippen molar-refractivity contribution in [1.29, 1.82) is 0 Å². The van der Waals surface area contributed by atoms with E-state index in [9.17, 15) is 5.11 Å². The Morgan fingerprint density at radius 3 is 2.21 bits per heavy atom. The van der Waals surface area contributed by atoms with E-state index < -0.39 is 0 Å². The maximum atomic E-state index is 9.87. The maximum absolute atomic E-state index is 9.87. The molecular weight excluding hydrogens is 322 g/mol. The minimum atomic E-state index is 0. The number of para-hydroxylation sites is 2. The Hall–Kier alpha value is -1.71. The normalized spacial score (nSPS) is 10.5. The first-order valence-corrected chi connectivity index (χ1v) is 8.29. The van der Waals surface area contributed by atoms with E-state index in [2.05, 4.69) is 25.1 Å². The van der Waals surface area contributed by atoms with Gasteiger partial charge in [-0.1, -0.05) is 36.4 Å². The van der Waals surface area contributed by atoms with Gasteiger partial charge in [0.1, 0.15) is 11.5 Å². The number of aromatic hydroxyl groups is 1. The zero-order valence-electron chi connectivity index (χ0n) is 14.6. The summed E-state index contributed by atoms with van der Waals surface area (Å²) < 4.78 is 5.96. The van der Waals surface area contributed by atoms with Crippen molar-refractivity contribution in [1.82, 2.24) is 4.90 Å². The number of unbranched alkanes of at least 4 members (excludes halogenated alkanes) is 1. The van der Waals surface area contributed by atoms with Crippen LogP contribution in [0.2, 0.25) is 0 Å². The molecule has 0 fully saturated rings. The third-order valence-electron chi connectivity index (χ3n) is 3.89. The smallest absolute Gasteiger partial charge is 0.122 e. The molecule has 0 unspecified atom stereocenters. The lowest BCUT2D eigenvalue weighted by molar-refractivity contribution is 0.290. The highest BCUT2D eigenvalue weighted by Gasteiger charge is 2.06. The van der Waals surface area contributed by atoms with E-state index >= 15 is 0 Å². The van der Waals surface area contributed by atoms with Gasteiger partial charge in [0.2, 0.25) is 0 Å². The minimum Gasteiger partial charge on any atom is -0.508 e. The molecule has 0 atom stereocenters. The fourth-order valence-corrected chi connectivity index (χ4v) is 2.55. The number of phenolic OH excluding ortho intramolecular Hbond substituents is 1. The SMILES string of the molecule is CN(C)CCCCOc1ccccc1CCc1ccccc1O.Cl. The third-order valence-corrected chi connectivity index (χ3v) is 3.89. The second kappa shape index (κ2) is 11.0. The van der Waals surface area contributed by atoms with Crippen LogP contribution < -0.4 is 4.74 Å². The fraction of sp³-hybridized carbons (Fsp3) is 0.400. The summed E-state index contributed by atoms with van der Waals surface area (Å²) >= 11 is 0. The van der Waals surface area contributed by atoms with E-state index in [-0.39, 0.29) is 12.4 Å². The Morgan fingerprint density at radius 1 is 0.875 bits per heavy atom. The maximum Gasteiger partial charge on any atom is 0.122 e. The Morgan fingerprint density at radius 2 is 1.50 bits per heavy atom. The fourth-order valence-electron chi connectivity index (χ4n) is 2.55. The van der Waals surface area contributed by atoms with Crippen LogP contribution in [0.3, 0.4) is 0 Å². The highest BCUT2D eigenvalue weighted by atomic mass is 35.5. The molecular formula is C20H28ClNO2. The van der Waals surface area contributed by atoms with E-state index in [0.717, 1.165) is 50.1 Å². The number of hydrogen-bond donors (Lipinski definition) is 1. The topological polar surface area (TPSA) is 32.7 Å². The molecule has 0 aliphatic carbocycles. The lowest BCUT2D eigenvalue weighted by Gasteiger charge is -2.13. The van der Waals surface area contributed by atoms with Gasteiger partial charge in [0.05, 0.1) is 6.61 Å². The van der Waals surface area contributed by atoms with Gasteiger partial charge in [0.15, 0.2) is 0 Å². The number of benzene rings is 2. The first-order chi connectivity index (χ1) is 11.2. The van der Waals surface area contributed by atoms with Crippen molar-refractivity contribution in [2.75, 3.05) is 27.2 Å². The number of halogens is 1. The van der Waals surface area contributed by atoms with Crippen molar-refractivity contribution in [2.45, 2.75) is 25.7 Å². The number of nitrogens with zero attached hydrogens (tertiary/aromatic N) is 1. The highest BCUT2D eigenvalue weighted by Crippen LogP contribution is 2.23. The molecule has 0 saturated carbocycles. The molecule has 0 aliphatic heterocycles. The summed E-state index contributed by atoms with van der Waals surface area (Å²) in [4.78, 5) is 2.19. The Labute approximate surface area is 151 Å². The van der Waals surface area contributed by atoms with Crippen LogP contribution >= 0.6 is 12.4 Å². The Bertz CT molecular complexity index is 602. The van der Waals surface area contributed by atoms with Gasteiger partial charge in [-0.3, -0.25) is 0 Å². The van der Waals surface area contributed by atoms with Crippen LogP contribution in [0.25, 0.3) is 0 Å². The van der Waals surface area contributed by atoms with Crippen LogP contribution in [0.5, 0.6) is 11.5 Å². The molecule has 3 nitrogen and oxygen atoms in total. The molecule has 2 rings (SSSR count). The van der Waals surface area contributed by atoms with Crippen LogP contribution in [0.4, 0.5) is 0 Å². The van der Waals surface area contributed by atoms with Gasteiger partial charge in [0, 0.05) is 0 Å². The zero-order valence-corrected chi connectivity index (χ0v) is 15.4. The molecule has 0 radical (unpaired) electrons. The van der Waals surface area contributed by atoms with E-state index in [1.54, 1.807) is 6.07 Å². The first-order valence-electron chi connectivity index (χ1n) is 8.29. The molecule has 0 bridgehead atoms. The third kappa shape index (κ3) is 6.81. The monoisotopic (exact) mass is 349 g/mol. The average molecular weight is 350 g/mol. The molecule has 0 saturated heterocycles. The predicted octanol–water partition coefficient (Wildman–Crippen LogP) is 4.32. The summed E-state index contributed by atoms with van der Waals surface area (Å²) in [6.07, 6.45) is 3.89. The number of hydrogen-bond acceptors (Lipinski definition) is 3. The quantitative estimate of drug-likeness (QED) is 0.684. The van der Waals surface area contributed by atoms with Crippen LogP contribution in [0, 0.1) is 0 Å². The summed E-state index contributed by atoms with van der Waals surface area (Å²) in [5.74, 6) is 1.34. The molecule has 2 aromatic rings. The molecule has 4 heteroatoms. The number of rotatable bonds is 9. The number of aryl methyl sites for hydroxylation is 2. The van der Waals surface area contributed by atoms with Crippen molar-refractivity contribution < 1.29 is 9.84 Å². The lowest BCUT2D eigenvalue weighted by atomic mass is 10.0. The molecule has 0 aromatic heterocycles. The summed E-state index contributed by atoms with van der Waals surface area (Å²) in [5.41, 5.74) is 2.18. The summed E-state index contributed by atoms with van der Waals surface area (Å²) in [7, 11) is 4.18. The molecule has 0 aliphatic rings. The standard InChI is InChI=1S/C20H27NO2.ClH/c1-21(2)15-7-8-16-23-20-12-6-4-10-18(20)14-13-17-9-3-5-11-19(17)22;/h3-6,9-12,22H,7-8,13-16H2,1-2H3;1H. The van der Waals surface area contributed by atoms with Crippen molar-refractivity contribution in [2.24, 2.45) is 0 Å². The van der Waals surface area contributed by atoms with Crippen LogP contribution in [-0.2, 0) is 12.8 Å². The van der Waals surface area contributed by atoms with Gasteiger partial charge in [-0.25, -0.2) is 0 Å². The van der Waals surface area contributed by atoms with Gasteiger partial charge in [-0.2, -0.15) is 0 Å². The van der Waals surface area contributed by atoms with Crippen LogP contribution in [-0.4, -0.2) is 37.3 Å². The van der Waals surface area contributed by atoms with Crippen molar-refractivity contribution in [3.63, 3.8) is 0 Å². The molecule has 0 spiro atoms. The minimum absolute atomic E-state index is 0. The Balaban J connectivity index is 0.00000288. The van der Waals surface area contributed by atoms with Gasteiger partial charge < -0.3 is 14.7 Å². The summed E-state index contributed by atoms with van der Waals surface area (Å²) in [6.45, 7) is 1.85. The van der Waals surface area contributed by atoms with Crippen molar-refractivity contribution in [3.8, 4) is 11.5 Å². The first kappa shape index (κ1) is 20.3. The lowest BCUT2D eigenvalue weighted by Crippen LogP contribution is -2.13. The van der Waals surface area contributed by atoms with E-state index in [1.165, 1.54) is 5.56 Å². The van der Waals surface area contributed by atoms with Crippen LogP contribution in [0.15, 0.2) is 48.5 Å². The zero-order chi connectivity index (χ0) is 16.5. The molecule has 24 heavy (non-hydrogen) atoms. The second-order valence-corrected chi connectivity index (χ2v) is 6.10. The molecule has 132 valence electrons. The molecule has 0 heterocycles. The number of phenols is 1. The van der Waals surface area contributed by atoms with Gasteiger partial charge in [0.25, 0.3) is 0 Å². The predicted molar refractivity (Wildman–Crippen MR) is 102 cm³/mol. The summed E-state index contributed by atoms with van der Waals surface area (Å²) in [5, 5.41) is 9.87. The van der Waals surface area contributed by atoms with E-state index in [1.807, 2.05) is 36.4 Å². The van der Waals surface area contributed by atoms with Crippen molar-refractivity contribution >= 4 is 12.4 Å². The van der Waals surface area contributed by atoms with Gasteiger partial charge in [-0.15, -0.1) is 12.4 Å². The van der Waals surface area contributed by atoms with Gasteiger partial charge >= 0.3 is 0 Å². The highest BCUT2D eigenvalue weighted by molar-refractivity contribution is 5.85. The number of ether oxygens (including phenoxy) is 1. The molecule has 2 aromatic carbocycles.